The fourth-order valence-corrected chi connectivity index (χ4v) is 4.15. The molecule has 1 N–H and O–H groups in total. The van der Waals surface area contributed by atoms with Gasteiger partial charge >= 0.3 is 0 Å². The fourth-order valence-electron chi connectivity index (χ4n) is 2.54. The number of nitrogens with one attached hydrogen (secondary N) is 1. The molecule has 1 aromatic rings. The third-order valence-electron chi connectivity index (χ3n) is 3.98. The van der Waals surface area contributed by atoms with Crippen LogP contribution in [-0.2, 0) is 16.6 Å². The SMILES string of the molecule is O=S(=O)(c1ccc(F)c(CNC2CC2)c1F)N1CCCC1. The second-order valence-electron chi connectivity index (χ2n) is 5.60. The Labute approximate surface area is 123 Å². The third kappa shape index (κ3) is 2.95. The predicted molar refractivity (Wildman–Crippen MR) is 74.2 cm³/mol. The van der Waals surface area contributed by atoms with Crippen LogP contribution in [0.25, 0.3) is 0 Å². The van der Waals surface area contributed by atoms with Crippen molar-refractivity contribution in [1.29, 1.82) is 0 Å². The Morgan fingerprint density at radius 2 is 1.86 bits per heavy atom. The van der Waals surface area contributed by atoms with Gasteiger partial charge in [0.15, 0.2) is 5.82 Å². The lowest BCUT2D eigenvalue weighted by Gasteiger charge is -2.17. The Bertz CT molecular complexity index is 639. The highest BCUT2D eigenvalue weighted by Crippen LogP contribution is 2.27. The van der Waals surface area contributed by atoms with Crippen LogP contribution in [0.1, 0.15) is 31.2 Å². The van der Waals surface area contributed by atoms with Gasteiger partial charge in [-0.2, -0.15) is 4.31 Å². The van der Waals surface area contributed by atoms with E-state index < -0.39 is 26.6 Å². The lowest BCUT2D eigenvalue weighted by atomic mass is 10.2. The molecule has 0 amide bonds. The van der Waals surface area contributed by atoms with Gasteiger partial charge in [-0.1, -0.05) is 0 Å². The number of benzene rings is 1. The van der Waals surface area contributed by atoms with Crippen LogP contribution in [0.4, 0.5) is 8.78 Å². The summed E-state index contributed by atoms with van der Waals surface area (Å²) in [5.41, 5.74) is -0.192. The first-order valence-corrected chi connectivity index (χ1v) is 8.64. The van der Waals surface area contributed by atoms with Gasteiger partial charge in [0.25, 0.3) is 0 Å². The lowest BCUT2D eigenvalue weighted by Crippen LogP contribution is -2.29. The second kappa shape index (κ2) is 5.62. The number of hydrogen-bond acceptors (Lipinski definition) is 3. The van der Waals surface area contributed by atoms with E-state index in [4.69, 9.17) is 0 Å². The number of nitrogens with zero attached hydrogens (tertiary/aromatic N) is 1. The average molecular weight is 316 g/mol. The van der Waals surface area contributed by atoms with Crippen molar-refractivity contribution in [2.75, 3.05) is 13.1 Å². The first-order valence-electron chi connectivity index (χ1n) is 7.20. The van der Waals surface area contributed by atoms with Crippen molar-refractivity contribution in [1.82, 2.24) is 9.62 Å². The summed E-state index contributed by atoms with van der Waals surface area (Å²) in [6.07, 6.45) is 3.54. The summed E-state index contributed by atoms with van der Waals surface area (Å²) >= 11 is 0. The van der Waals surface area contributed by atoms with Crippen LogP contribution in [0.5, 0.6) is 0 Å². The molecule has 3 rings (SSSR count). The van der Waals surface area contributed by atoms with E-state index in [0.717, 1.165) is 37.8 Å². The predicted octanol–water partition coefficient (Wildman–Crippen LogP) is 2.00. The van der Waals surface area contributed by atoms with Gasteiger partial charge in [0.1, 0.15) is 10.7 Å². The van der Waals surface area contributed by atoms with Crippen LogP contribution >= 0.6 is 0 Å². The largest absolute Gasteiger partial charge is 0.310 e. The van der Waals surface area contributed by atoms with Gasteiger partial charge < -0.3 is 5.32 Å². The molecule has 1 saturated heterocycles. The molecule has 0 aromatic heterocycles. The van der Waals surface area contributed by atoms with E-state index in [1.54, 1.807) is 0 Å². The van der Waals surface area contributed by atoms with Crippen molar-refractivity contribution in [2.24, 2.45) is 0 Å². The quantitative estimate of drug-likeness (QED) is 0.904. The molecule has 4 nitrogen and oxygen atoms in total. The Kier molecular flexibility index (Phi) is 3.98. The summed E-state index contributed by atoms with van der Waals surface area (Å²) in [6, 6.07) is 2.36. The van der Waals surface area contributed by atoms with Crippen LogP contribution in [0.3, 0.4) is 0 Å². The van der Waals surface area contributed by atoms with Crippen molar-refractivity contribution in [2.45, 2.75) is 43.2 Å². The molecule has 0 spiro atoms. The summed E-state index contributed by atoms with van der Waals surface area (Å²) in [7, 11) is -3.87. The zero-order valence-electron chi connectivity index (χ0n) is 11.6. The number of hydrogen-bond donors (Lipinski definition) is 1. The lowest BCUT2D eigenvalue weighted by molar-refractivity contribution is 0.463. The van der Waals surface area contributed by atoms with Gasteiger partial charge in [-0.05, 0) is 37.8 Å². The summed E-state index contributed by atoms with van der Waals surface area (Å²) in [5.74, 6) is -1.67. The minimum absolute atomic E-state index is 0.0195. The maximum Gasteiger partial charge on any atom is 0.245 e. The van der Waals surface area contributed by atoms with Gasteiger partial charge in [-0.15, -0.1) is 0 Å². The minimum atomic E-state index is -3.87. The molecule has 0 unspecified atom stereocenters. The normalized spacial score (nSPS) is 20.1. The highest BCUT2D eigenvalue weighted by molar-refractivity contribution is 7.89. The van der Waals surface area contributed by atoms with E-state index in [2.05, 4.69) is 5.32 Å². The molecule has 1 aliphatic carbocycles. The number of sulfonamides is 1. The highest BCUT2D eigenvalue weighted by Gasteiger charge is 2.31. The van der Waals surface area contributed by atoms with Gasteiger partial charge in [-0.3, -0.25) is 0 Å². The molecule has 1 saturated carbocycles. The monoisotopic (exact) mass is 316 g/mol. The molecule has 1 heterocycles. The molecule has 1 aliphatic heterocycles. The Morgan fingerprint density at radius 1 is 1.19 bits per heavy atom. The maximum absolute atomic E-state index is 14.5. The summed E-state index contributed by atoms with van der Waals surface area (Å²) < 4.78 is 54.3. The summed E-state index contributed by atoms with van der Waals surface area (Å²) in [4.78, 5) is -0.418. The Hall–Kier alpha value is -1.05. The van der Waals surface area contributed by atoms with Gasteiger partial charge in [0.2, 0.25) is 10.0 Å². The minimum Gasteiger partial charge on any atom is -0.310 e. The molecule has 0 bridgehead atoms. The molecule has 0 radical (unpaired) electrons. The molecule has 2 aliphatic rings. The van der Waals surface area contributed by atoms with Crippen LogP contribution in [0, 0.1) is 11.6 Å². The third-order valence-corrected chi connectivity index (χ3v) is 5.89. The number of rotatable bonds is 5. The summed E-state index contributed by atoms with van der Waals surface area (Å²) in [5, 5.41) is 3.01. The first-order chi connectivity index (χ1) is 10.00. The van der Waals surface area contributed by atoms with Crippen LogP contribution < -0.4 is 5.32 Å². The van der Waals surface area contributed by atoms with Crippen molar-refractivity contribution in [3.05, 3.63) is 29.3 Å². The topological polar surface area (TPSA) is 49.4 Å². The van der Waals surface area contributed by atoms with E-state index in [-0.39, 0.29) is 12.1 Å². The fraction of sp³-hybridized carbons (Fsp3) is 0.571. The summed E-state index contributed by atoms with van der Waals surface area (Å²) in [6.45, 7) is 0.815. The first kappa shape index (κ1) is 14.9. The van der Waals surface area contributed by atoms with Gasteiger partial charge in [0.05, 0.1) is 0 Å². The van der Waals surface area contributed by atoms with E-state index in [1.807, 2.05) is 0 Å². The molecule has 21 heavy (non-hydrogen) atoms. The zero-order chi connectivity index (χ0) is 15.0. The van der Waals surface area contributed by atoms with Crippen LogP contribution in [0.2, 0.25) is 0 Å². The van der Waals surface area contributed by atoms with E-state index >= 15 is 0 Å². The molecular weight excluding hydrogens is 298 g/mol. The zero-order valence-corrected chi connectivity index (χ0v) is 12.4. The van der Waals surface area contributed by atoms with Crippen molar-refractivity contribution < 1.29 is 17.2 Å². The van der Waals surface area contributed by atoms with Gasteiger partial charge in [-0.25, -0.2) is 17.2 Å². The van der Waals surface area contributed by atoms with Crippen molar-refractivity contribution in [3.8, 4) is 0 Å². The van der Waals surface area contributed by atoms with Crippen molar-refractivity contribution in [3.63, 3.8) is 0 Å². The molecule has 1 aromatic carbocycles. The Balaban J connectivity index is 1.92. The maximum atomic E-state index is 14.5. The molecule has 116 valence electrons. The van der Waals surface area contributed by atoms with Crippen LogP contribution in [-0.4, -0.2) is 31.9 Å². The van der Waals surface area contributed by atoms with E-state index in [0.29, 0.717) is 19.1 Å². The van der Waals surface area contributed by atoms with Crippen LogP contribution in [0.15, 0.2) is 17.0 Å². The average Bonchev–Trinajstić information content (AvgIpc) is 3.08. The second-order valence-corrected chi connectivity index (χ2v) is 7.51. The number of halogens is 2. The molecule has 7 heteroatoms. The Morgan fingerprint density at radius 3 is 2.48 bits per heavy atom. The standard InChI is InChI=1S/C14H18F2N2O2S/c15-12-5-6-13(21(19,20)18-7-1-2-8-18)14(16)11(12)9-17-10-3-4-10/h5-6,10,17H,1-4,7-9H2. The van der Waals surface area contributed by atoms with E-state index in [9.17, 15) is 17.2 Å². The highest BCUT2D eigenvalue weighted by atomic mass is 32.2. The smallest absolute Gasteiger partial charge is 0.245 e. The molecular formula is C14H18F2N2O2S. The molecule has 0 atom stereocenters. The molecule has 2 fully saturated rings. The van der Waals surface area contributed by atoms with Gasteiger partial charge in [0, 0.05) is 31.2 Å². The van der Waals surface area contributed by atoms with Crippen molar-refractivity contribution >= 4 is 10.0 Å². The van der Waals surface area contributed by atoms with E-state index in [1.165, 1.54) is 4.31 Å².